The minimum atomic E-state index is -3.28. The number of rotatable bonds is 6. The summed E-state index contributed by atoms with van der Waals surface area (Å²) in [5.74, 6) is 0.640. The van der Waals surface area contributed by atoms with E-state index in [9.17, 15) is 8.42 Å². The fraction of sp³-hybridized carbons (Fsp3) is 0.211. The Kier molecular flexibility index (Phi) is 4.49. The number of imidazole rings is 1. The predicted octanol–water partition coefficient (Wildman–Crippen LogP) is 2.89. The van der Waals surface area contributed by atoms with E-state index in [0.29, 0.717) is 23.3 Å². The van der Waals surface area contributed by atoms with E-state index in [1.54, 1.807) is 18.2 Å². The molecule has 0 saturated carbocycles. The summed E-state index contributed by atoms with van der Waals surface area (Å²) in [5.41, 5.74) is 2.81. The Bertz CT molecular complexity index is 1220. The zero-order valence-corrected chi connectivity index (χ0v) is 15.6. The van der Waals surface area contributed by atoms with Gasteiger partial charge in [-0.15, -0.1) is 0 Å². The molecule has 7 nitrogen and oxygen atoms in total. The molecule has 0 spiro atoms. The molecule has 0 fully saturated rings. The SMILES string of the molecule is CS(=O)(=O)c1ccc2ncnc(NCCCn3cnc4ccccc43)c2c1. The molecule has 4 rings (SSSR count). The lowest BCUT2D eigenvalue weighted by Crippen LogP contribution is -2.08. The molecular formula is C19H19N5O2S. The lowest BCUT2D eigenvalue weighted by Gasteiger charge is -2.10. The van der Waals surface area contributed by atoms with Gasteiger partial charge < -0.3 is 9.88 Å². The Hall–Kier alpha value is -3.00. The molecule has 0 amide bonds. The molecule has 2 aromatic carbocycles. The summed E-state index contributed by atoms with van der Waals surface area (Å²) in [5, 5.41) is 4.00. The third-order valence-electron chi connectivity index (χ3n) is 4.43. The number of aromatic nitrogens is 4. The number of nitrogens with zero attached hydrogens (tertiary/aromatic N) is 4. The number of nitrogens with one attached hydrogen (secondary N) is 1. The van der Waals surface area contributed by atoms with Crippen molar-refractivity contribution in [2.24, 2.45) is 0 Å². The van der Waals surface area contributed by atoms with E-state index in [-0.39, 0.29) is 4.90 Å². The Morgan fingerprint density at radius 1 is 1.04 bits per heavy atom. The van der Waals surface area contributed by atoms with E-state index >= 15 is 0 Å². The first-order valence-electron chi connectivity index (χ1n) is 8.61. The fourth-order valence-corrected chi connectivity index (χ4v) is 3.70. The highest BCUT2D eigenvalue weighted by Gasteiger charge is 2.11. The van der Waals surface area contributed by atoms with Crippen molar-refractivity contribution in [2.75, 3.05) is 18.1 Å². The summed E-state index contributed by atoms with van der Waals surface area (Å²) in [6.07, 6.45) is 5.40. The van der Waals surface area contributed by atoms with Crippen LogP contribution < -0.4 is 5.32 Å². The Balaban J connectivity index is 1.48. The van der Waals surface area contributed by atoms with Gasteiger partial charge in [-0.1, -0.05) is 12.1 Å². The maximum atomic E-state index is 11.8. The van der Waals surface area contributed by atoms with Gasteiger partial charge in [0.25, 0.3) is 0 Å². The summed E-state index contributed by atoms with van der Waals surface area (Å²) in [6.45, 7) is 1.52. The molecule has 27 heavy (non-hydrogen) atoms. The van der Waals surface area contributed by atoms with Crippen molar-refractivity contribution < 1.29 is 8.42 Å². The molecule has 1 N–H and O–H groups in total. The standard InChI is InChI=1S/C19H19N5O2S/c1-27(25,26)14-7-8-16-15(11-14)19(22-12-21-16)20-9-4-10-24-13-23-17-5-2-3-6-18(17)24/h2-3,5-8,11-13H,4,9-10H2,1H3,(H,20,21,22). The lowest BCUT2D eigenvalue weighted by molar-refractivity contribution is 0.602. The quantitative estimate of drug-likeness (QED) is 0.517. The van der Waals surface area contributed by atoms with Crippen molar-refractivity contribution in [1.29, 1.82) is 0 Å². The van der Waals surface area contributed by atoms with Gasteiger partial charge in [0, 0.05) is 24.7 Å². The zero-order chi connectivity index (χ0) is 18.9. The van der Waals surface area contributed by atoms with Gasteiger partial charge in [-0.05, 0) is 36.8 Å². The smallest absolute Gasteiger partial charge is 0.175 e. The van der Waals surface area contributed by atoms with Crippen LogP contribution in [0.5, 0.6) is 0 Å². The van der Waals surface area contributed by atoms with Gasteiger partial charge in [0.15, 0.2) is 9.84 Å². The molecule has 0 saturated heterocycles. The number of sulfone groups is 1. The molecular weight excluding hydrogens is 362 g/mol. The summed E-state index contributed by atoms with van der Waals surface area (Å²) in [6, 6.07) is 12.9. The summed E-state index contributed by atoms with van der Waals surface area (Å²) >= 11 is 0. The number of aryl methyl sites for hydroxylation is 1. The topological polar surface area (TPSA) is 89.8 Å². The number of anilines is 1. The van der Waals surface area contributed by atoms with Crippen molar-refractivity contribution >= 4 is 37.6 Å². The molecule has 0 unspecified atom stereocenters. The monoisotopic (exact) mass is 381 g/mol. The van der Waals surface area contributed by atoms with Crippen molar-refractivity contribution in [3.05, 3.63) is 55.1 Å². The molecule has 2 heterocycles. The van der Waals surface area contributed by atoms with Gasteiger partial charge in [0.05, 0.1) is 27.8 Å². The second-order valence-corrected chi connectivity index (χ2v) is 8.40. The van der Waals surface area contributed by atoms with Crippen LogP contribution in [-0.2, 0) is 16.4 Å². The zero-order valence-electron chi connectivity index (χ0n) is 14.8. The Morgan fingerprint density at radius 3 is 2.74 bits per heavy atom. The van der Waals surface area contributed by atoms with Crippen LogP contribution in [0.3, 0.4) is 0 Å². The van der Waals surface area contributed by atoms with Crippen LogP contribution in [0.1, 0.15) is 6.42 Å². The molecule has 0 bridgehead atoms. The highest BCUT2D eigenvalue weighted by Crippen LogP contribution is 2.23. The molecule has 138 valence electrons. The third kappa shape index (κ3) is 3.61. The average Bonchev–Trinajstić information content (AvgIpc) is 3.07. The van der Waals surface area contributed by atoms with Gasteiger partial charge in [-0.3, -0.25) is 0 Å². The Labute approximate surface area is 157 Å². The number of benzene rings is 2. The summed E-state index contributed by atoms with van der Waals surface area (Å²) in [7, 11) is -3.28. The second-order valence-electron chi connectivity index (χ2n) is 6.38. The Morgan fingerprint density at radius 2 is 1.89 bits per heavy atom. The van der Waals surface area contributed by atoms with Gasteiger partial charge in [0.2, 0.25) is 0 Å². The van der Waals surface area contributed by atoms with E-state index < -0.39 is 9.84 Å². The highest BCUT2D eigenvalue weighted by atomic mass is 32.2. The van der Waals surface area contributed by atoms with Crippen LogP contribution in [0.25, 0.3) is 21.9 Å². The van der Waals surface area contributed by atoms with Crippen molar-refractivity contribution in [1.82, 2.24) is 19.5 Å². The van der Waals surface area contributed by atoms with E-state index in [1.165, 1.54) is 12.6 Å². The van der Waals surface area contributed by atoms with Crippen LogP contribution in [-0.4, -0.2) is 40.7 Å². The number of para-hydroxylation sites is 2. The van der Waals surface area contributed by atoms with Crippen LogP contribution in [0.4, 0.5) is 5.82 Å². The molecule has 0 atom stereocenters. The molecule has 0 aliphatic rings. The molecule has 0 radical (unpaired) electrons. The fourth-order valence-electron chi connectivity index (χ4n) is 3.05. The third-order valence-corrected chi connectivity index (χ3v) is 5.54. The molecule has 2 aromatic heterocycles. The van der Waals surface area contributed by atoms with Gasteiger partial charge in [-0.2, -0.15) is 0 Å². The highest BCUT2D eigenvalue weighted by molar-refractivity contribution is 7.90. The molecule has 0 aliphatic carbocycles. The average molecular weight is 381 g/mol. The largest absolute Gasteiger partial charge is 0.369 e. The van der Waals surface area contributed by atoms with E-state index in [1.807, 2.05) is 24.5 Å². The summed E-state index contributed by atoms with van der Waals surface area (Å²) < 4.78 is 25.8. The predicted molar refractivity (Wildman–Crippen MR) is 105 cm³/mol. The van der Waals surface area contributed by atoms with Gasteiger partial charge >= 0.3 is 0 Å². The molecule has 0 aliphatic heterocycles. The van der Waals surface area contributed by atoms with Gasteiger partial charge in [-0.25, -0.2) is 23.4 Å². The lowest BCUT2D eigenvalue weighted by atomic mass is 10.2. The van der Waals surface area contributed by atoms with Crippen LogP contribution in [0.2, 0.25) is 0 Å². The molecule has 4 aromatic rings. The van der Waals surface area contributed by atoms with E-state index in [4.69, 9.17) is 0 Å². The normalized spacial score (nSPS) is 11.9. The van der Waals surface area contributed by atoms with Crippen molar-refractivity contribution in [3.63, 3.8) is 0 Å². The first-order valence-corrected chi connectivity index (χ1v) is 10.5. The molecule has 8 heteroatoms. The number of hydrogen-bond donors (Lipinski definition) is 1. The van der Waals surface area contributed by atoms with Crippen LogP contribution >= 0.6 is 0 Å². The van der Waals surface area contributed by atoms with Crippen molar-refractivity contribution in [2.45, 2.75) is 17.9 Å². The van der Waals surface area contributed by atoms with Crippen molar-refractivity contribution in [3.8, 4) is 0 Å². The maximum absolute atomic E-state index is 11.8. The number of fused-ring (bicyclic) bond motifs is 2. The second kappa shape index (κ2) is 6.96. The maximum Gasteiger partial charge on any atom is 0.175 e. The number of hydrogen-bond acceptors (Lipinski definition) is 6. The van der Waals surface area contributed by atoms with E-state index in [0.717, 1.165) is 24.0 Å². The van der Waals surface area contributed by atoms with Crippen LogP contribution in [0, 0.1) is 0 Å². The minimum absolute atomic E-state index is 0.262. The first-order chi connectivity index (χ1) is 13.0. The van der Waals surface area contributed by atoms with Crippen LogP contribution in [0.15, 0.2) is 60.0 Å². The first kappa shape index (κ1) is 17.4. The van der Waals surface area contributed by atoms with E-state index in [2.05, 4.69) is 30.9 Å². The minimum Gasteiger partial charge on any atom is -0.369 e. The summed E-state index contributed by atoms with van der Waals surface area (Å²) in [4.78, 5) is 13.1. The van der Waals surface area contributed by atoms with Gasteiger partial charge in [0.1, 0.15) is 12.1 Å².